The Morgan fingerprint density at radius 1 is 1.11 bits per heavy atom. The van der Waals surface area contributed by atoms with Crippen LogP contribution in [-0.2, 0) is 19.7 Å². The molecule has 0 spiro atoms. The van der Waals surface area contributed by atoms with E-state index in [9.17, 15) is 14.4 Å². The van der Waals surface area contributed by atoms with Gasteiger partial charge in [0.15, 0.2) is 19.0 Å². The van der Waals surface area contributed by atoms with Crippen LogP contribution in [-0.4, -0.2) is 38.0 Å². The van der Waals surface area contributed by atoms with E-state index in [1.54, 1.807) is 18.2 Å². The van der Waals surface area contributed by atoms with E-state index in [-0.39, 0.29) is 36.7 Å². The van der Waals surface area contributed by atoms with E-state index >= 15 is 4.39 Å². The van der Waals surface area contributed by atoms with Crippen molar-refractivity contribution in [3.8, 4) is 11.5 Å². The Morgan fingerprint density at radius 3 is 2.61 bits per heavy atom. The highest BCUT2D eigenvalue weighted by Gasteiger charge is 2.62. The summed E-state index contributed by atoms with van der Waals surface area (Å²) in [6, 6.07) is 9.77. The first-order chi connectivity index (χ1) is 17.3. The number of rotatable bonds is 6. The Bertz CT molecular complexity index is 1260. The number of nitrogens with one attached hydrogen (secondary N) is 1. The van der Waals surface area contributed by atoms with E-state index in [1.807, 2.05) is 6.07 Å². The number of esters is 1. The molecule has 5 aliphatic rings. The number of carbonyl (C=O) groups excluding carboxylic acids is 3. The predicted octanol–water partition coefficient (Wildman–Crippen LogP) is 4.43. The van der Waals surface area contributed by atoms with E-state index in [1.165, 1.54) is 19.2 Å². The van der Waals surface area contributed by atoms with Crippen molar-refractivity contribution >= 4 is 23.3 Å². The summed E-state index contributed by atoms with van der Waals surface area (Å²) in [6.07, 6.45) is 4.76. The van der Waals surface area contributed by atoms with Gasteiger partial charge in [-0.1, -0.05) is 6.07 Å². The molecule has 1 heterocycles. The molecule has 2 aromatic rings. The number of amides is 1. The number of halogens is 1. The van der Waals surface area contributed by atoms with Gasteiger partial charge in [-0.2, -0.15) is 0 Å². The minimum atomic E-state index is -0.700. The van der Waals surface area contributed by atoms with Crippen LogP contribution < -0.4 is 14.8 Å². The zero-order chi connectivity index (χ0) is 25.1. The van der Waals surface area contributed by atoms with Gasteiger partial charge in [0.2, 0.25) is 0 Å². The number of fused-ring (bicyclic) bond motifs is 1. The van der Waals surface area contributed by atoms with Gasteiger partial charge in [0.1, 0.15) is 17.3 Å². The second-order valence-electron chi connectivity index (χ2n) is 10.9. The molecule has 0 saturated heterocycles. The van der Waals surface area contributed by atoms with Crippen LogP contribution in [0.1, 0.15) is 54.4 Å². The number of hydrogen-bond acceptors (Lipinski definition) is 6. The van der Waals surface area contributed by atoms with Crippen molar-refractivity contribution in [1.29, 1.82) is 0 Å². The zero-order valence-corrected chi connectivity index (χ0v) is 20.1. The maximum absolute atomic E-state index is 15.2. The van der Waals surface area contributed by atoms with E-state index < -0.39 is 10.8 Å². The molecule has 0 aromatic heterocycles. The number of anilines is 1. The van der Waals surface area contributed by atoms with E-state index in [2.05, 4.69) is 5.32 Å². The summed E-state index contributed by atoms with van der Waals surface area (Å²) in [5.74, 6) is 0.334. The summed E-state index contributed by atoms with van der Waals surface area (Å²) in [5, 5.41) is 2.68. The number of carbonyl (C=O) groups is 3. The molecule has 2 unspecified atom stereocenters. The maximum atomic E-state index is 15.2. The molecule has 4 fully saturated rings. The average molecular weight is 494 g/mol. The van der Waals surface area contributed by atoms with Crippen LogP contribution >= 0.6 is 0 Å². The molecule has 4 bridgehead atoms. The number of hydrogen-bond donors (Lipinski definition) is 1. The molecule has 1 N–H and O–H groups in total. The highest BCUT2D eigenvalue weighted by molar-refractivity contribution is 6.01. The standard InChI is InChI=1S/C28H28FNO6/c1-34-19-3-4-20(21(29)8-19)27-9-16-6-17(10-27)12-28(11-16,15-27)26(33)36-13-23(31)18-2-5-24-22(7-18)30-25(32)14-35-24/h2-5,7-8,16-17H,6,9-15H2,1H3,(H,30,32). The van der Waals surface area contributed by atoms with Crippen molar-refractivity contribution in [2.24, 2.45) is 17.3 Å². The molecule has 0 radical (unpaired) electrons. The van der Waals surface area contributed by atoms with Gasteiger partial charge >= 0.3 is 5.97 Å². The van der Waals surface area contributed by atoms with Crippen LogP contribution in [0.5, 0.6) is 11.5 Å². The first-order valence-corrected chi connectivity index (χ1v) is 12.4. The topological polar surface area (TPSA) is 90.9 Å². The maximum Gasteiger partial charge on any atom is 0.312 e. The lowest BCUT2D eigenvalue weighted by molar-refractivity contribution is -0.173. The van der Waals surface area contributed by atoms with Gasteiger partial charge in [-0.3, -0.25) is 14.4 Å². The summed E-state index contributed by atoms with van der Waals surface area (Å²) in [6.45, 7) is -0.447. The van der Waals surface area contributed by atoms with Crippen LogP contribution in [0.15, 0.2) is 36.4 Å². The van der Waals surface area contributed by atoms with Crippen LogP contribution in [0.3, 0.4) is 0 Å². The lowest BCUT2D eigenvalue weighted by Gasteiger charge is -2.61. The lowest BCUT2D eigenvalue weighted by atomic mass is 9.43. The molecule has 7 rings (SSSR count). The molecule has 7 nitrogen and oxygen atoms in total. The highest BCUT2D eigenvalue weighted by Crippen LogP contribution is 2.66. The van der Waals surface area contributed by atoms with Crippen molar-refractivity contribution in [1.82, 2.24) is 0 Å². The smallest absolute Gasteiger partial charge is 0.312 e. The zero-order valence-electron chi connectivity index (χ0n) is 20.1. The Morgan fingerprint density at radius 2 is 1.89 bits per heavy atom. The lowest BCUT2D eigenvalue weighted by Crippen LogP contribution is -2.57. The molecule has 2 atom stereocenters. The van der Waals surface area contributed by atoms with E-state index in [0.717, 1.165) is 32.1 Å². The number of benzene rings is 2. The fourth-order valence-electron chi connectivity index (χ4n) is 7.49. The van der Waals surface area contributed by atoms with Crippen molar-refractivity contribution in [2.45, 2.75) is 43.9 Å². The fraction of sp³-hybridized carbons (Fsp3) is 0.464. The molecule has 36 heavy (non-hydrogen) atoms. The summed E-state index contributed by atoms with van der Waals surface area (Å²) in [5.41, 5.74) is 0.306. The van der Waals surface area contributed by atoms with Crippen LogP contribution in [0.2, 0.25) is 0 Å². The van der Waals surface area contributed by atoms with E-state index in [0.29, 0.717) is 46.6 Å². The predicted molar refractivity (Wildman–Crippen MR) is 128 cm³/mol. The Balaban J connectivity index is 1.20. The molecule has 1 amide bonds. The highest BCUT2D eigenvalue weighted by atomic mass is 19.1. The van der Waals surface area contributed by atoms with Gasteiger partial charge in [0.25, 0.3) is 5.91 Å². The first kappa shape index (κ1) is 23.0. The summed E-state index contributed by atoms with van der Waals surface area (Å²) >= 11 is 0. The van der Waals surface area contributed by atoms with Crippen molar-refractivity contribution in [3.05, 3.63) is 53.3 Å². The molecule has 4 aliphatic carbocycles. The van der Waals surface area contributed by atoms with Gasteiger partial charge < -0.3 is 19.5 Å². The SMILES string of the molecule is COc1ccc(C23CC4CC(CC(C(=O)OCC(=O)c5ccc6c(c5)NC(=O)CO6)(C4)C2)C3)c(F)c1. The normalized spacial score (nSPS) is 29.7. The third-order valence-corrected chi connectivity index (χ3v) is 8.51. The van der Waals surface area contributed by atoms with Gasteiger partial charge in [0.05, 0.1) is 18.2 Å². The average Bonchev–Trinajstić information content (AvgIpc) is 2.85. The van der Waals surface area contributed by atoms with Gasteiger partial charge in [-0.15, -0.1) is 0 Å². The molecule has 2 aromatic carbocycles. The van der Waals surface area contributed by atoms with Crippen molar-refractivity contribution in [2.75, 3.05) is 25.6 Å². The summed E-state index contributed by atoms with van der Waals surface area (Å²) in [7, 11) is 1.51. The fourth-order valence-corrected chi connectivity index (χ4v) is 7.49. The largest absolute Gasteiger partial charge is 0.497 e. The number of Topliss-reactive ketones (excluding diaryl/α,β-unsaturated/α-hetero) is 1. The van der Waals surface area contributed by atoms with Crippen LogP contribution in [0, 0.1) is 23.1 Å². The third-order valence-electron chi connectivity index (χ3n) is 8.51. The van der Waals surface area contributed by atoms with Crippen molar-refractivity contribution in [3.63, 3.8) is 0 Å². The van der Waals surface area contributed by atoms with Crippen LogP contribution in [0.25, 0.3) is 0 Å². The minimum Gasteiger partial charge on any atom is -0.497 e. The molecule has 188 valence electrons. The van der Waals surface area contributed by atoms with Crippen molar-refractivity contribution < 1.29 is 33.0 Å². The summed E-state index contributed by atoms with van der Waals surface area (Å²) < 4.78 is 31.3. The quantitative estimate of drug-likeness (QED) is 0.473. The molecular formula is C28H28FNO6. The third kappa shape index (κ3) is 3.74. The Hall–Kier alpha value is -3.42. The minimum absolute atomic E-state index is 0.0656. The molecule has 8 heteroatoms. The Kier molecular flexibility index (Phi) is 5.32. The molecular weight excluding hydrogens is 465 g/mol. The monoisotopic (exact) mass is 493 g/mol. The number of ketones is 1. The second kappa shape index (κ2) is 8.32. The van der Waals surface area contributed by atoms with Gasteiger partial charge in [0, 0.05) is 11.6 Å². The van der Waals surface area contributed by atoms with Gasteiger partial charge in [-0.25, -0.2) is 4.39 Å². The number of ether oxygens (including phenoxy) is 3. The number of methoxy groups -OCH3 is 1. The van der Waals surface area contributed by atoms with E-state index in [4.69, 9.17) is 14.2 Å². The summed E-state index contributed by atoms with van der Waals surface area (Å²) in [4.78, 5) is 37.9. The molecule has 1 aliphatic heterocycles. The molecule has 4 saturated carbocycles. The van der Waals surface area contributed by atoms with Gasteiger partial charge in [-0.05, 0) is 85.6 Å². The first-order valence-electron chi connectivity index (χ1n) is 12.4. The second-order valence-corrected chi connectivity index (χ2v) is 10.9. The Labute approximate surface area is 208 Å². The van der Waals surface area contributed by atoms with Crippen LogP contribution in [0.4, 0.5) is 10.1 Å².